The standard InChI is InChI=1S/C19H23N5O6S/c1-5-29-18(28)14-11(2)15(16(27)20-3)31-17(14)23-12(25)10-30-13(26)9-24(4)19-21-7-6-8-22-19/h6-8H,5,9-10H2,1-4H3,(H,20,27)(H,23,25). The van der Waals surface area contributed by atoms with E-state index >= 15 is 0 Å². The lowest BCUT2D eigenvalue weighted by Gasteiger charge is -2.15. The number of rotatable bonds is 9. The topological polar surface area (TPSA) is 140 Å². The fourth-order valence-electron chi connectivity index (χ4n) is 2.49. The number of carbonyl (C=O) groups excluding carboxylic acids is 4. The van der Waals surface area contributed by atoms with Gasteiger partial charge in [-0.05, 0) is 25.5 Å². The van der Waals surface area contributed by atoms with E-state index < -0.39 is 30.4 Å². The Balaban J connectivity index is 2.03. The van der Waals surface area contributed by atoms with E-state index in [0.29, 0.717) is 11.5 Å². The highest BCUT2D eigenvalue weighted by molar-refractivity contribution is 7.18. The molecular formula is C19H23N5O6S. The van der Waals surface area contributed by atoms with Crippen molar-refractivity contribution in [1.29, 1.82) is 0 Å². The Kier molecular flexibility index (Phi) is 8.43. The Morgan fingerprint density at radius 3 is 2.45 bits per heavy atom. The molecule has 0 saturated carbocycles. The van der Waals surface area contributed by atoms with Gasteiger partial charge in [-0.25, -0.2) is 14.8 Å². The zero-order valence-electron chi connectivity index (χ0n) is 17.6. The van der Waals surface area contributed by atoms with Gasteiger partial charge in [0.15, 0.2) is 6.61 Å². The Labute approximate surface area is 182 Å². The summed E-state index contributed by atoms with van der Waals surface area (Å²) in [5.41, 5.74) is 0.477. The highest BCUT2D eigenvalue weighted by Gasteiger charge is 2.26. The lowest BCUT2D eigenvalue weighted by atomic mass is 10.1. The van der Waals surface area contributed by atoms with Crippen molar-refractivity contribution in [3.05, 3.63) is 34.5 Å². The average Bonchev–Trinajstić information content (AvgIpc) is 3.08. The molecule has 0 fully saturated rings. The van der Waals surface area contributed by atoms with Crippen LogP contribution in [0.2, 0.25) is 0 Å². The molecule has 12 heteroatoms. The number of carbonyl (C=O) groups is 4. The third-order valence-corrected chi connectivity index (χ3v) is 5.14. The molecule has 0 aromatic carbocycles. The predicted octanol–water partition coefficient (Wildman–Crippen LogP) is 1.00. The number of nitrogens with zero attached hydrogens (tertiary/aromatic N) is 3. The van der Waals surface area contributed by atoms with E-state index in [0.717, 1.165) is 11.3 Å². The van der Waals surface area contributed by atoms with Crippen molar-refractivity contribution in [1.82, 2.24) is 15.3 Å². The van der Waals surface area contributed by atoms with Crippen molar-refractivity contribution in [2.75, 3.05) is 44.1 Å². The molecule has 0 unspecified atom stereocenters. The molecule has 2 amide bonds. The van der Waals surface area contributed by atoms with E-state index in [1.54, 1.807) is 27.0 Å². The first-order valence-electron chi connectivity index (χ1n) is 9.24. The third kappa shape index (κ3) is 6.22. The van der Waals surface area contributed by atoms with Crippen LogP contribution in [0.3, 0.4) is 0 Å². The summed E-state index contributed by atoms with van der Waals surface area (Å²) in [4.78, 5) is 58.4. The molecule has 0 aliphatic rings. The number of nitrogens with one attached hydrogen (secondary N) is 2. The summed E-state index contributed by atoms with van der Waals surface area (Å²) in [6.07, 6.45) is 3.07. The summed E-state index contributed by atoms with van der Waals surface area (Å²) in [6, 6.07) is 1.65. The minimum atomic E-state index is -0.665. The Morgan fingerprint density at radius 2 is 1.84 bits per heavy atom. The molecule has 31 heavy (non-hydrogen) atoms. The maximum absolute atomic E-state index is 12.3. The maximum Gasteiger partial charge on any atom is 0.341 e. The van der Waals surface area contributed by atoms with Crippen LogP contribution in [0.5, 0.6) is 0 Å². The maximum atomic E-state index is 12.3. The first-order valence-corrected chi connectivity index (χ1v) is 10.1. The molecule has 2 aromatic rings. The highest BCUT2D eigenvalue weighted by atomic mass is 32.1. The summed E-state index contributed by atoms with van der Waals surface area (Å²) in [5.74, 6) is -2.06. The number of likely N-dealkylation sites (N-methyl/N-ethyl adjacent to an activating group) is 1. The fraction of sp³-hybridized carbons (Fsp3) is 0.368. The van der Waals surface area contributed by atoms with E-state index in [2.05, 4.69) is 20.6 Å². The summed E-state index contributed by atoms with van der Waals surface area (Å²) in [7, 11) is 3.07. The van der Waals surface area contributed by atoms with Crippen molar-refractivity contribution in [2.24, 2.45) is 0 Å². The lowest BCUT2D eigenvalue weighted by molar-refractivity contribution is -0.145. The van der Waals surface area contributed by atoms with Crippen molar-refractivity contribution < 1.29 is 28.7 Å². The second-order valence-electron chi connectivity index (χ2n) is 6.17. The van der Waals surface area contributed by atoms with Gasteiger partial charge >= 0.3 is 11.9 Å². The Bertz CT molecular complexity index is 962. The molecule has 11 nitrogen and oxygen atoms in total. The fourth-order valence-corrected chi connectivity index (χ4v) is 3.65. The molecule has 2 N–H and O–H groups in total. The van der Waals surface area contributed by atoms with Gasteiger partial charge in [0.1, 0.15) is 11.5 Å². The van der Waals surface area contributed by atoms with Gasteiger partial charge in [0.05, 0.1) is 17.0 Å². The molecule has 0 radical (unpaired) electrons. The number of ether oxygens (including phenoxy) is 2. The number of amides is 2. The van der Waals surface area contributed by atoms with Gasteiger partial charge in [0.25, 0.3) is 11.8 Å². The molecule has 0 saturated heterocycles. The van der Waals surface area contributed by atoms with Gasteiger partial charge < -0.3 is 25.0 Å². The van der Waals surface area contributed by atoms with Crippen LogP contribution in [0, 0.1) is 6.92 Å². The second kappa shape index (κ2) is 11.0. The Hall–Kier alpha value is -3.54. The predicted molar refractivity (Wildman–Crippen MR) is 113 cm³/mol. The van der Waals surface area contributed by atoms with Gasteiger partial charge in [0.2, 0.25) is 5.95 Å². The van der Waals surface area contributed by atoms with Gasteiger partial charge in [-0.3, -0.25) is 14.4 Å². The van der Waals surface area contributed by atoms with E-state index in [4.69, 9.17) is 9.47 Å². The number of esters is 2. The van der Waals surface area contributed by atoms with Crippen molar-refractivity contribution in [3.8, 4) is 0 Å². The zero-order valence-corrected chi connectivity index (χ0v) is 18.4. The van der Waals surface area contributed by atoms with E-state index in [9.17, 15) is 19.2 Å². The summed E-state index contributed by atoms with van der Waals surface area (Å²) in [5, 5.41) is 5.14. The van der Waals surface area contributed by atoms with Gasteiger partial charge in [-0.1, -0.05) is 0 Å². The van der Waals surface area contributed by atoms with Gasteiger partial charge in [0, 0.05) is 26.5 Å². The van der Waals surface area contributed by atoms with Crippen LogP contribution < -0.4 is 15.5 Å². The molecule has 0 spiro atoms. The van der Waals surface area contributed by atoms with Gasteiger partial charge in [-0.2, -0.15) is 0 Å². The van der Waals surface area contributed by atoms with Crippen molar-refractivity contribution >= 4 is 46.0 Å². The average molecular weight is 449 g/mol. The highest BCUT2D eigenvalue weighted by Crippen LogP contribution is 2.33. The van der Waals surface area contributed by atoms with Crippen LogP contribution in [0.25, 0.3) is 0 Å². The molecule has 166 valence electrons. The van der Waals surface area contributed by atoms with E-state index in [-0.39, 0.29) is 28.6 Å². The number of aromatic nitrogens is 2. The SMILES string of the molecule is CCOC(=O)c1c(NC(=O)COC(=O)CN(C)c2ncccn2)sc(C(=O)NC)c1C. The molecule has 2 rings (SSSR count). The van der Waals surface area contributed by atoms with E-state index in [1.165, 1.54) is 24.3 Å². The molecule has 0 atom stereocenters. The monoisotopic (exact) mass is 449 g/mol. The minimum absolute atomic E-state index is 0.0890. The quantitative estimate of drug-likeness (QED) is 0.537. The van der Waals surface area contributed by atoms with Gasteiger partial charge in [-0.15, -0.1) is 11.3 Å². The zero-order chi connectivity index (χ0) is 23.0. The molecule has 0 aliphatic heterocycles. The van der Waals surface area contributed by atoms with Crippen LogP contribution >= 0.6 is 11.3 Å². The number of anilines is 2. The molecule has 2 aromatic heterocycles. The van der Waals surface area contributed by atoms with Crippen LogP contribution in [0.4, 0.5) is 10.9 Å². The summed E-state index contributed by atoms with van der Waals surface area (Å²) < 4.78 is 10.0. The Morgan fingerprint density at radius 1 is 1.16 bits per heavy atom. The van der Waals surface area contributed by atoms with Crippen molar-refractivity contribution in [3.63, 3.8) is 0 Å². The van der Waals surface area contributed by atoms with Crippen LogP contribution in [0.1, 0.15) is 32.5 Å². The second-order valence-corrected chi connectivity index (χ2v) is 7.19. The van der Waals surface area contributed by atoms with Crippen molar-refractivity contribution in [2.45, 2.75) is 13.8 Å². The third-order valence-electron chi connectivity index (χ3n) is 3.94. The van der Waals surface area contributed by atoms with Crippen LogP contribution in [-0.2, 0) is 19.1 Å². The summed E-state index contributed by atoms with van der Waals surface area (Å²) in [6.45, 7) is 2.63. The first-order chi connectivity index (χ1) is 14.8. The minimum Gasteiger partial charge on any atom is -0.462 e. The normalized spacial score (nSPS) is 10.2. The molecule has 0 aliphatic carbocycles. The number of hydrogen-bond acceptors (Lipinski definition) is 10. The van der Waals surface area contributed by atoms with E-state index in [1.807, 2.05) is 0 Å². The lowest BCUT2D eigenvalue weighted by Crippen LogP contribution is -2.30. The molecular weight excluding hydrogens is 426 g/mol. The van der Waals surface area contributed by atoms with Crippen LogP contribution in [0.15, 0.2) is 18.5 Å². The first kappa shape index (κ1) is 23.7. The molecule has 0 bridgehead atoms. The largest absolute Gasteiger partial charge is 0.462 e. The molecule has 2 heterocycles. The summed E-state index contributed by atoms with van der Waals surface area (Å²) >= 11 is 0.933. The number of hydrogen-bond donors (Lipinski definition) is 2. The van der Waals surface area contributed by atoms with Crippen LogP contribution in [-0.4, -0.2) is 67.6 Å². The number of thiophene rings is 1. The smallest absolute Gasteiger partial charge is 0.341 e.